The minimum absolute atomic E-state index is 0.183. The number of carbonyl (C=O) groups excluding carboxylic acids is 1. The Morgan fingerprint density at radius 3 is 2.81 bits per heavy atom. The number of allylic oxidation sites excluding steroid dienone is 1. The maximum atomic E-state index is 11.7. The van der Waals surface area contributed by atoms with Crippen molar-refractivity contribution in [2.45, 2.75) is 17.7 Å². The number of Topliss-reactive ketones (excluding diaryl/α,β-unsaturated/α-hetero) is 1. The molecule has 1 aromatic carbocycles. The van der Waals surface area contributed by atoms with Crippen LogP contribution in [0.2, 0.25) is 0 Å². The second kappa shape index (κ2) is 5.35. The molecule has 2 rings (SSSR count). The summed E-state index contributed by atoms with van der Waals surface area (Å²) >= 11 is 1.77. The molecular formula is C14H16OS. The van der Waals surface area contributed by atoms with Crippen LogP contribution in [0.25, 0.3) is 0 Å². The lowest BCUT2D eigenvalue weighted by Gasteiger charge is -2.13. The van der Waals surface area contributed by atoms with E-state index in [0.29, 0.717) is 11.7 Å². The number of rotatable bonds is 4. The quantitative estimate of drug-likeness (QED) is 0.583. The van der Waals surface area contributed by atoms with Gasteiger partial charge in [-0.3, -0.25) is 4.79 Å². The van der Waals surface area contributed by atoms with Crippen LogP contribution in [0.5, 0.6) is 0 Å². The maximum absolute atomic E-state index is 11.7. The molecule has 16 heavy (non-hydrogen) atoms. The first-order chi connectivity index (χ1) is 7.81. The zero-order valence-electron chi connectivity index (χ0n) is 9.26. The Balaban J connectivity index is 1.94. The first-order valence-electron chi connectivity index (χ1n) is 5.64. The Morgan fingerprint density at radius 1 is 1.38 bits per heavy atom. The summed E-state index contributed by atoms with van der Waals surface area (Å²) in [7, 11) is 0. The molecule has 2 atom stereocenters. The fourth-order valence-electron chi connectivity index (χ4n) is 2.14. The van der Waals surface area contributed by atoms with Crippen LogP contribution in [0.3, 0.4) is 0 Å². The lowest BCUT2D eigenvalue weighted by Crippen LogP contribution is -2.15. The Bertz CT molecular complexity index is 372. The van der Waals surface area contributed by atoms with E-state index in [1.54, 1.807) is 11.8 Å². The summed E-state index contributed by atoms with van der Waals surface area (Å²) in [5, 5.41) is 0. The molecule has 0 bridgehead atoms. The van der Waals surface area contributed by atoms with E-state index in [2.05, 4.69) is 18.7 Å². The second-order valence-corrected chi connectivity index (χ2v) is 5.23. The molecule has 0 spiro atoms. The lowest BCUT2D eigenvalue weighted by atomic mass is 9.98. The Kier molecular flexibility index (Phi) is 3.83. The van der Waals surface area contributed by atoms with Crippen molar-refractivity contribution in [3.8, 4) is 0 Å². The average molecular weight is 232 g/mol. The Labute approximate surface area is 101 Å². The third-order valence-electron chi connectivity index (χ3n) is 3.13. The SMILES string of the molecule is C=C[C@H]1CCC(=O)[C@@H]1CSc1ccccc1. The minimum Gasteiger partial charge on any atom is -0.299 e. The molecule has 0 amide bonds. The minimum atomic E-state index is 0.183. The summed E-state index contributed by atoms with van der Waals surface area (Å²) in [5.74, 6) is 1.87. The van der Waals surface area contributed by atoms with Crippen molar-refractivity contribution in [1.82, 2.24) is 0 Å². The van der Waals surface area contributed by atoms with E-state index in [9.17, 15) is 4.79 Å². The molecule has 0 saturated heterocycles. The van der Waals surface area contributed by atoms with Gasteiger partial charge in [-0.15, -0.1) is 18.3 Å². The molecule has 1 saturated carbocycles. The van der Waals surface area contributed by atoms with Crippen molar-refractivity contribution in [3.05, 3.63) is 43.0 Å². The van der Waals surface area contributed by atoms with Crippen LogP contribution >= 0.6 is 11.8 Å². The molecular weight excluding hydrogens is 216 g/mol. The molecule has 0 heterocycles. The van der Waals surface area contributed by atoms with Gasteiger partial charge in [0.05, 0.1) is 0 Å². The summed E-state index contributed by atoms with van der Waals surface area (Å²) in [6, 6.07) is 10.3. The van der Waals surface area contributed by atoms with E-state index in [1.807, 2.05) is 24.3 Å². The first kappa shape index (κ1) is 11.5. The van der Waals surface area contributed by atoms with Gasteiger partial charge in [-0.2, -0.15) is 0 Å². The van der Waals surface area contributed by atoms with Crippen molar-refractivity contribution in [1.29, 1.82) is 0 Å². The highest BCUT2D eigenvalue weighted by Gasteiger charge is 2.32. The van der Waals surface area contributed by atoms with Crippen LogP contribution in [-0.2, 0) is 4.79 Å². The average Bonchev–Trinajstić information content (AvgIpc) is 2.69. The van der Waals surface area contributed by atoms with Crippen LogP contribution in [-0.4, -0.2) is 11.5 Å². The number of hydrogen-bond acceptors (Lipinski definition) is 2. The molecule has 84 valence electrons. The fraction of sp³-hybridized carbons (Fsp3) is 0.357. The molecule has 1 nitrogen and oxygen atoms in total. The summed E-state index contributed by atoms with van der Waals surface area (Å²) in [4.78, 5) is 12.9. The third kappa shape index (κ3) is 2.56. The van der Waals surface area contributed by atoms with Gasteiger partial charge in [0.15, 0.2) is 0 Å². The highest BCUT2D eigenvalue weighted by Crippen LogP contribution is 2.33. The number of hydrogen-bond donors (Lipinski definition) is 0. The van der Waals surface area contributed by atoms with Crippen LogP contribution < -0.4 is 0 Å². The van der Waals surface area contributed by atoms with Crippen molar-refractivity contribution >= 4 is 17.5 Å². The van der Waals surface area contributed by atoms with Gasteiger partial charge in [-0.1, -0.05) is 24.3 Å². The van der Waals surface area contributed by atoms with Gasteiger partial charge < -0.3 is 0 Å². The van der Waals surface area contributed by atoms with Crippen molar-refractivity contribution in [2.75, 3.05) is 5.75 Å². The number of thioether (sulfide) groups is 1. The van der Waals surface area contributed by atoms with E-state index in [4.69, 9.17) is 0 Å². The van der Waals surface area contributed by atoms with Gasteiger partial charge in [0.1, 0.15) is 5.78 Å². The van der Waals surface area contributed by atoms with Gasteiger partial charge in [0.25, 0.3) is 0 Å². The summed E-state index contributed by atoms with van der Waals surface area (Å²) in [5.41, 5.74) is 0. The predicted octanol–water partition coefficient (Wildman–Crippen LogP) is 3.56. The van der Waals surface area contributed by atoms with Gasteiger partial charge in [-0.25, -0.2) is 0 Å². The van der Waals surface area contributed by atoms with Crippen LogP contribution in [0, 0.1) is 11.8 Å². The van der Waals surface area contributed by atoms with E-state index in [-0.39, 0.29) is 5.92 Å². The summed E-state index contributed by atoms with van der Waals surface area (Å²) < 4.78 is 0. The smallest absolute Gasteiger partial charge is 0.137 e. The number of carbonyl (C=O) groups is 1. The maximum Gasteiger partial charge on any atom is 0.137 e. The molecule has 0 radical (unpaired) electrons. The molecule has 1 aliphatic rings. The van der Waals surface area contributed by atoms with Gasteiger partial charge in [0.2, 0.25) is 0 Å². The molecule has 0 unspecified atom stereocenters. The topological polar surface area (TPSA) is 17.1 Å². The van der Waals surface area contributed by atoms with E-state index in [0.717, 1.165) is 18.6 Å². The van der Waals surface area contributed by atoms with Crippen LogP contribution in [0.4, 0.5) is 0 Å². The van der Waals surface area contributed by atoms with Gasteiger partial charge in [0, 0.05) is 23.0 Å². The predicted molar refractivity (Wildman–Crippen MR) is 68.6 cm³/mol. The van der Waals surface area contributed by atoms with E-state index >= 15 is 0 Å². The van der Waals surface area contributed by atoms with Crippen LogP contribution in [0.15, 0.2) is 47.9 Å². The van der Waals surface area contributed by atoms with Gasteiger partial charge in [-0.05, 0) is 24.5 Å². The third-order valence-corrected chi connectivity index (χ3v) is 4.26. The van der Waals surface area contributed by atoms with Gasteiger partial charge >= 0.3 is 0 Å². The Hall–Kier alpha value is -1.02. The zero-order valence-corrected chi connectivity index (χ0v) is 10.1. The second-order valence-electron chi connectivity index (χ2n) is 4.14. The Morgan fingerprint density at radius 2 is 2.12 bits per heavy atom. The molecule has 1 fully saturated rings. The fourth-order valence-corrected chi connectivity index (χ4v) is 3.29. The highest BCUT2D eigenvalue weighted by molar-refractivity contribution is 7.99. The highest BCUT2D eigenvalue weighted by atomic mass is 32.2. The van der Waals surface area contributed by atoms with Crippen molar-refractivity contribution in [2.24, 2.45) is 11.8 Å². The van der Waals surface area contributed by atoms with E-state index < -0.39 is 0 Å². The number of benzene rings is 1. The first-order valence-corrected chi connectivity index (χ1v) is 6.63. The van der Waals surface area contributed by atoms with Crippen molar-refractivity contribution in [3.63, 3.8) is 0 Å². The summed E-state index contributed by atoms with van der Waals surface area (Å²) in [6.07, 6.45) is 3.67. The molecule has 0 aliphatic heterocycles. The van der Waals surface area contributed by atoms with E-state index in [1.165, 1.54) is 4.90 Å². The molecule has 1 aliphatic carbocycles. The normalized spacial score (nSPS) is 24.6. The zero-order chi connectivity index (χ0) is 11.4. The monoisotopic (exact) mass is 232 g/mol. The largest absolute Gasteiger partial charge is 0.299 e. The van der Waals surface area contributed by atoms with Crippen LogP contribution in [0.1, 0.15) is 12.8 Å². The molecule has 0 N–H and O–H groups in total. The lowest BCUT2D eigenvalue weighted by molar-refractivity contribution is -0.120. The molecule has 0 aromatic heterocycles. The molecule has 2 heteroatoms. The van der Waals surface area contributed by atoms with Crippen molar-refractivity contribution < 1.29 is 4.79 Å². The molecule has 1 aromatic rings. The standard InChI is InChI=1S/C14H16OS/c1-2-11-8-9-14(15)13(11)10-16-12-6-4-3-5-7-12/h2-7,11,13H,1,8-10H2/t11-,13+/m0/s1. The number of ketones is 1. The summed E-state index contributed by atoms with van der Waals surface area (Å²) in [6.45, 7) is 3.82.